The molecule has 8 heteroatoms. The Morgan fingerprint density at radius 2 is 1.94 bits per heavy atom. The van der Waals surface area contributed by atoms with Crippen LogP contribution in [0.1, 0.15) is 23.2 Å². The van der Waals surface area contributed by atoms with E-state index in [4.69, 9.17) is 5.73 Å². The fourth-order valence-corrected chi connectivity index (χ4v) is 1.62. The van der Waals surface area contributed by atoms with Gasteiger partial charge in [0.15, 0.2) is 0 Å². The van der Waals surface area contributed by atoms with E-state index in [9.17, 15) is 22.0 Å². The molecule has 16 heavy (non-hydrogen) atoms. The molecule has 0 unspecified atom stereocenters. The Hall–Kier alpha value is -0.920. The second-order valence-electron chi connectivity index (χ2n) is 2.89. The quantitative estimate of drug-likeness (QED) is 0.671. The van der Waals surface area contributed by atoms with Crippen molar-refractivity contribution in [1.29, 1.82) is 0 Å². The number of nitrogens with zero attached hydrogens (tertiary/aromatic N) is 1. The van der Waals surface area contributed by atoms with E-state index in [-0.39, 0.29) is 10.9 Å². The van der Waals surface area contributed by atoms with Gasteiger partial charge >= 0.3 is 6.18 Å². The predicted octanol–water partition coefficient (Wildman–Crippen LogP) is 3.52. The Kier molecular flexibility index (Phi) is 3.72. The zero-order valence-electron chi connectivity index (χ0n) is 7.65. The van der Waals surface area contributed by atoms with Gasteiger partial charge in [-0.3, -0.25) is 4.98 Å². The van der Waals surface area contributed by atoms with Crippen molar-refractivity contribution in [3.63, 3.8) is 0 Å². The molecule has 0 bridgehead atoms. The SMILES string of the molecule is Nc1c(C(F)F)ncc(CBr)c1C(F)(F)F. The fraction of sp³-hybridized carbons (Fsp3) is 0.375. The van der Waals surface area contributed by atoms with Crippen molar-refractivity contribution in [1.82, 2.24) is 4.98 Å². The molecule has 2 N–H and O–H groups in total. The first kappa shape index (κ1) is 13.1. The number of anilines is 1. The molecule has 0 atom stereocenters. The average molecular weight is 305 g/mol. The molecule has 1 heterocycles. The summed E-state index contributed by atoms with van der Waals surface area (Å²) in [5, 5.41) is -0.164. The average Bonchev–Trinajstić information content (AvgIpc) is 2.14. The largest absolute Gasteiger partial charge is 0.418 e. The third kappa shape index (κ3) is 2.42. The topological polar surface area (TPSA) is 38.9 Å². The third-order valence-electron chi connectivity index (χ3n) is 1.86. The Morgan fingerprint density at radius 3 is 2.31 bits per heavy atom. The van der Waals surface area contributed by atoms with Crippen LogP contribution < -0.4 is 5.73 Å². The van der Waals surface area contributed by atoms with Gasteiger partial charge < -0.3 is 5.73 Å². The molecule has 0 aliphatic carbocycles. The maximum atomic E-state index is 12.6. The van der Waals surface area contributed by atoms with Gasteiger partial charge in [0, 0.05) is 11.5 Å². The van der Waals surface area contributed by atoms with Gasteiger partial charge in [0.1, 0.15) is 5.69 Å². The Labute approximate surface area is 95.8 Å². The van der Waals surface area contributed by atoms with Gasteiger partial charge in [-0.2, -0.15) is 13.2 Å². The van der Waals surface area contributed by atoms with Gasteiger partial charge in [-0.1, -0.05) is 15.9 Å². The highest BCUT2D eigenvalue weighted by Gasteiger charge is 2.37. The number of aromatic nitrogens is 1. The van der Waals surface area contributed by atoms with Crippen molar-refractivity contribution in [2.75, 3.05) is 5.73 Å². The van der Waals surface area contributed by atoms with E-state index in [1.54, 1.807) is 0 Å². The molecule has 0 aliphatic heterocycles. The number of rotatable bonds is 2. The number of nitrogens with two attached hydrogens (primary N) is 1. The minimum atomic E-state index is -4.78. The van der Waals surface area contributed by atoms with Crippen LogP contribution in [0.15, 0.2) is 6.20 Å². The van der Waals surface area contributed by atoms with Crippen molar-refractivity contribution in [2.45, 2.75) is 17.9 Å². The summed E-state index contributed by atoms with van der Waals surface area (Å²) in [7, 11) is 0. The summed E-state index contributed by atoms with van der Waals surface area (Å²) in [6, 6.07) is 0. The minimum absolute atomic E-state index is 0.164. The van der Waals surface area contributed by atoms with Crippen molar-refractivity contribution >= 4 is 21.6 Å². The van der Waals surface area contributed by atoms with Crippen molar-refractivity contribution in [2.24, 2.45) is 0 Å². The number of pyridine rings is 1. The molecular weight excluding hydrogens is 299 g/mol. The van der Waals surface area contributed by atoms with Gasteiger partial charge in [0.25, 0.3) is 6.43 Å². The summed E-state index contributed by atoms with van der Waals surface area (Å²) in [5.74, 6) is 0. The molecule has 0 saturated heterocycles. The lowest BCUT2D eigenvalue weighted by molar-refractivity contribution is -0.137. The normalized spacial score (nSPS) is 12.2. The molecule has 90 valence electrons. The molecule has 0 aromatic carbocycles. The summed E-state index contributed by atoms with van der Waals surface area (Å²) < 4.78 is 62.3. The third-order valence-corrected chi connectivity index (χ3v) is 2.46. The molecule has 0 aliphatic rings. The van der Waals surface area contributed by atoms with Crippen LogP contribution in [0.5, 0.6) is 0 Å². The van der Waals surface area contributed by atoms with Crippen LogP contribution in [0.2, 0.25) is 0 Å². The highest BCUT2D eigenvalue weighted by Crippen LogP contribution is 2.39. The molecule has 0 fully saturated rings. The Bertz CT molecular complexity index is 391. The van der Waals surface area contributed by atoms with Gasteiger partial charge in [-0.15, -0.1) is 0 Å². The number of alkyl halides is 6. The minimum Gasteiger partial charge on any atom is -0.397 e. The van der Waals surface area contributed by atoms with Crippen LogP contribution >= 0.6 is 15.9 Å². The van der Waals surface area contributed by atoms with E-state index in [1.165, 1.54) is 0 Å². The van der Waals surface area contributed by atoms with Crippen LogP contribution in [0.25, 0.3) is 0 Å². The first-order valence-corrected chi connectivity index (χ1v) is 5.09. The van der Waals surface area contributed by atoms with E-state index in [0.717, 1.165) is 6.20 Å². The van der Waals surface area contributed by atoms with E-state index in [0.29, 0.717) is 0 Å². The summed E-state index contributed by atoms with van der Waals surface area (Å²) in [4.78, 5) is 3.22. The van der Waals surface area contributed by atoms with Crippen LogP contribution in [0.3, 0.4) is 0 Å². The standard InChI is InChI=1S/C8H6BrF5N2/c9-1-3-2-16-6(7(10)11)5(15)4(3)8(12,13)14/h2,7H,1,15H2. The van der Waals surface area contributed by atoms with Gasteiger partial charge in [0.05, 0.1) is 11.3 Å². The number of hydrogen-bond donors (Lipinski definition) is 1. The van der Waals surface area contributed by atoms with E-state index < -0.39 is 29.5 Å². The first-order chi connectivity index (χ1) is 7.29. The van der Waals surface area contributed by atoms with Crippen LogP contribution in [0.4, 0.5) is 27.6 Å². The lowest BCUT2D eigenvalue weighted by Gasteiger charge is -2.15. The molecule has 0 saturated carbocycles. The molecule has 1 rings (SSSR count). The summed E-state index contributed by atoms with van der Waals surface area (Å²) >= 11 is 2.81. The van der Waals surface area contributed by atoms with E-state index in [2.05, 4.69) is 20.9 Å². The predicted molar refractivity (Wildman–Crippen MR) is 51.2 cm³/mol. The zero-order chi connectivity index (χ0) is 12.5. The van der Waals surface area contributed by atoms with Gasteiger partial charge in [-0.05, 0) is 5.56 Å². The van der Waals surface area contributed by atoms with Crippen LogP contribution in [-0.4, -0.2) is 4.98 Å². The smallest absolute Gasteiger partial charge is 0.397 e. The van der Waals surface area contributed by atoms with Crippen molar-refractivity contribution in [3.8, 4) is 0 Å². The van der Waals surface area contributed by atoms with Crippen LogP contribution in [-0.2, 0) is 11.5 Å². The number of halogens is 6. The Morgan fingerprint density at radius 1 is 1.38 bits per heavy atom. The van der Waals surface area contributed by atoms with Gasteiger partial charge in [0.2, 0.25) is 0 Å². The number of nitrogen functional groups attached to an aromatic ring is 1. The monoisotopic (exact) mass is 304 g/mol. The molecule has 1 aromatic heterocycles. The molecule has 0 amide bonds. The fourth-order valence-electron chi connectivity index (χ4n) is 1.19. The second-order valence-corrected chi connectivity index (χ2v) is 3.45. The summed E-state index contributed by atoms with van der Waals surface area (Å²) in [5.41, 5.74) is 1.48. The second kappa shape index (κ2) is 4.52. The molecule has 0 radical (unpaired) electrons. The van der Waals surface area contributed by atoms with Crippen molar-refractivity contribution in [3.05, 3.63) is 23.0 Å². The summed E-state index contributed by atoms with van der Waals surface area (Å²) in [6.45, 7) is 0. The summed E-state index contributed by atoms with van der Waals surface area (Å²) in [6.07, 6.45) is -7.17. The zero-order valence-corrected chi connectivity index (χ0v) is 9.24. The first-order valence-electron chi connectivity index (χ1n) is 3.97. The van der Waals surface area contributed by atoms with E-state index >= 15 is 0 Å². The molecule has 2 nitrogen and oxygen atoms in total. The van der Waals surface area contributed by atoms with Crippen molar-refractivity contribution < 1.29 is 22.0 Å². The molecule has 1 aromatic rings. The lowest BCUT2D eigenvalue weighted by Crippen LogP contribution is -2.15. The number of hydrogen-bond acceptors (Lipinski definition) is 2. The highest BCUT2D eigenvalue weighted by atomic mass is 79.9. The van der Waals surface area contributed by atoms with Gasteiger partial charge in [-0.25, -0.2) is 8.78 Å². The maximum absolute atomic E-state index is 12.6. The maximum Gasteiger partial charge on any atom is 0.418 e. The highest BCUT2D eigenvalue weighted by molar-refractivity contribution is 9.08. The van der Waals surface area contributed by atoms with Crippen LogP contribution in [0, 0.1) is 0 Å². The lowest BCUT2D eigenvalue weighted by atomic mass is 10.1. The molecular formula is C8H6BrF5N2. The van der Waals surface area contributed by atoms with E-state index in [1.807, 2.05) is 0 Å². The Balaban J connectivity index is 3.47. The molecule has 0 spiro atoms.